The molecule has 90 valence electrons. The maximum atomic E-state index is 12.2. The number of rotatable bonds is 3. The first-order chi connectivity index (χ1) is 8.31. The lowest BCUT2D eigenvalue weighted by Crippen LogP contribution is -2.35. The molecule has 0 bridgehead atoms. The van der Waals surface area contributed by atoms with Crippen molar-refractivity contribution in [1.29, 1.82) is 0 Å². The van der Waals surface area contributed by atoms with Gasteiger partial charge in [-0.2, -0.15) is 0 Å². The summed E-state index contributed by atoms with van der Waals surface area (Å²) in [5.41, 5.74) is 2.01. The van der Waals surface area contributed by atoms with Crippen LogP contribution in [-0.4, -0.2) is 23.9 Å². The fourth-order valence-electron chi connectivity index (χ4n) is 2.23. The normalized spacial score (nSPS) is 15.6. The molecule has 17 heavy (non-hydrogen) atoms. The van der Waals surface area contributed by atoms with Crippen LogP contribution < -0.4 is 0 Å². The van der Waals surface area contributed by atoms with Gasteiger partial charge in [0.25, 0.3) is 5.91 Å². The Balaban J connectivity index is 2.05. The van der Waals surface area contributed by atoms with Crippen LogP contribution in [0.4, 0.5) is 0 Å². The van der Waals surface area contributed by atoms with Crippen LogP contribution >= 0.6 is 0 Å². The predicted molar refractivity (Wildman–Crippen MR) is 70.1 cm³/mol. The van der Waals surface area contributed by atoms with Gasteiger partial charge in [0.2, 0.25) is 0 Å². The zero-order valence-corrected chi connectivity index (χ0v) is 10.2. The molecule has 0 aliphatic carbocycles. The monoisotopic (exact) mass is 229 g/mol. The van der Waals surface area contributed by atoms with E-state index in [0.717, 1.165) is 37.9 Å². The zero-order valence-electron chi connectivity index (χ0n) is 10.2. The first-order valence-corrected chi connectivity index (χ1v) is 6.30. The van der Waals surface area contributed by atoms with Gasteiger partial charge in [-0.1, -0.05) is 18.2 Å². The Hall–Kier alpha value is -1.57. The van der Waals surface area contributed by atoms with E-state index in [1.54, 1.807) is 0 Å². The summed E-state index contributed by atoms with van der Waals surface area (Å²) >= 11 is 0. The maximum absolute atomic E-state index is 12.2. The highest BCUT2D eigenvalue weighted by Gasteiger charge is 2.17. The Morgan fingerprint density at radius 2 is 1.82 bits per heavy atom. The van der Waals surface area contributed by atoms with Crippen molar-refractivity contribution in [3.63, 3.8) is 0 Å². The summed E-state index contributed by atoms with van der Waals surface area (Å²) in [5.74, 6) is 0.176. The van der Waals surface area contributed by atoms with Crippen LogP contribution in [0.2, 0.25) is 0 Å². The van der Waals surface area contributed by atoms with E-state index in [1.807, 2.05) is 35.2 Å². The van der Waals surface area contributed by atoms with Gasteiger partial charge < -0.3 is 4.90 Å². The van der Waals surface area contributed by atoms with Gasteiger partial charge in [-0.15, -0.1) is 6.58 Å². The van der Waals surface area contributed by atoms with Gasteiger partial charge in [-0.3, -0.25) is 4.79 Å². The van der Waals surface area contributed by atoms with E-state index >= 15 is 0 Å². The number of carbonyl (C=O) groups excluding carboxylic acids is 1. The lowest BCUT2D eigenvalue weighted by Gasteiger charge is -2.26. The smallest absolute Gasteiger partial charge is 0.253 e. The molecule has 0 N–H and O–H groups in total. The number of likely N-dealkylation sites (tertiary alicyclic amines) is 1. The minimum atomic E-state index is 0.176. The average molecular weight is 229 g/mol. The Labute approximate surface area is 103 Å². The molecule has 1 aromatic carbocycles. The third-order valence-electron chi connectivity index (χ3n) is 3.22. The molecule has 0 atom stereocenters. The molecule has 1 aliphatic rings. The molecule has 0 saturated carbocycles. The van der Waals surface area contributed by atoms with Crippen molar-refractivity contribution in [2.75, 3.05) is 13.1 Å². The van der Waals surface area contributed by atoms with E-state index in [1.165, 1.54) is 12.0 Å². The van der Waals surface area contributed by atoms with Crippen LogP contribution in [0.3, 0.4) is 0 Å². The van der Waals surface area contributed by atoms with Crippen LogP contribution in [0, 0.1) is 0 Å². The second kappa shape index (κ2) is 5.67. The number of allylic oxidation sites excluding steroid dienone is 1. The minimum absolute atomic E-state index is 0.176. The van der Waals surface area contributed by atoms with E-state index < -0.39 is 0 Å². The largest absolute Gasteiger partial charge is 0.339 e. The summed E-state index contributed by atoms with van der Waals surface area (Å²) in [6.07, 6.45) is 6.27. The second-order valence-corrected chi connectivity index (χ2v) is 4.54. The molecule has 0 radical (unpaired) electrons. The third kappa shape index (κ3) is 2.96. The molecule has 1 aromatic rings. The number of hydrogen-bond acceptors (Lipinski definition) is 1. The molecule has 0 unspecified atom stereocenters. The van der Waals surface area contributed by atoms with Crippen molar-refractivity contribution < 1.29 is 4.79 Å². The molecule has 1 heterocycles. The van der Waals surface area contributed by atoms with E-state index in [4.69, 9.17) is 0 Å². The van der Waals surface area contributed by atoms with Crippen LogP contribution in [-0.2, 0) is 6.42 Å². The zero-order chi connectivity index (χ0) is 12.1. The van der Waals surface area contributed by atoms with Crippen LogP contribution in [0.25, 0.3) is 0 Å². The highest BCUT2D eigenvalue weighted by Crippen LogP contribution is 2.14. The predicted octanol–water partition coefficient (Wildman–Crippen LogP) is 3.04. The summed E-state index contributed by atoms with van der Waals surface area (Å²) < 4.78 is 0. The fraction of sp³-hybridized carbons (Fsp3) is 0.400. The molecule has 0 spiro atoms. The second-order valence-electron chi connectivity index (χ2n) is 4.54. The average Bonchev–Trinajstić information content (AvgIpc) is 2.40. The molecule has 2 rings (SSSR count). The summed E-state index contributed by atoms with van der Waals surface area (Å²) in [5, 5.41) is 0. The molecule has 2 nitrogen and oxygen atoms in total. The van der Waals surface area contributed by atoms with Crippen molar-refractivity contribution >= 4 is 5.91 Å². The topological polar surface area (TPSA) is 20.3 Å². The summed E-state index contributed by atoms with van der Waals surface area (Å²) in [4.78, 5) is 14.1. The van der Waals surface area contributed by atoms with Gasteiger partial charge in [0.05, 0.1) is 0 Å². The lowest BCUT2D eigenvalue weighted by atomic mass is 10.1. The van der Waals surface area contributed by atoms with Gasteiger partial charge >= 0.3 is 0 Å². The van der Waals surface area contributed by atoms with Crippen molar-refractivity contribution in [2.45, 2.75) is 25.7 Å². The quantitative estimate of drug-likeness (QED) is 0.729. The Morgan fingerprint density at radius 1 is 1.18 bits per heavy atom. The Bertz CT molecular complexity index is 388. The van der Waals surface area contributed by atoms with Crippen LogP contribution in [0.1, 0.15) is 35.2 Å². The van der Waals surface area contributed by atoms with Gasteiger partial charge in [-0.25, -0.2) is 0 Å². The molecular weight excluding hydrogens is 210 g/mol. The fourth-order valence-corrected chi connectivity index (χ4v) is 2.23. The Kier molecular flexibility index (Phi) is 3.97. The highest BCUT2D eigenvalue weighted by molar-refractivity contribution is 5.94. The SMILES string of the molecule is C=CCc1ccc(C(=O)N2CCCCC2)cc1. The van der Waals surface area contributed by atoms with Crippen molar-refractivity contribution in [3.05, 3.63) is 48.0 Å². The molecule has 2 heteroatoms. The number of nitrogens with zero attached hydrogens (tertiary/aromatic N) is 1. The van der Waals surface area contributed by atoms with E-state index in [2.05, 4.69) is 6.58 Å². The van der Waals surface area contributed by atoms with Crippen LogP contribution in [0.15, 0.2) is 36.9 Å². The van der Waals surface area contributed by atoms with Crippen molar-refractivity contribution in [1.82, 2.24) is 4.90 Å². The summed E-state index contributed by atoms with van der Waals surface area (Å²) in [6, 6.07) is 7.88. The standard InChI is InChI=1S/C15H19NO/c1-2-6-13-7-9-14(10-8-13)15(17)16-11-4-3-5-12-16/h2,7-10H,1,3-6,11-12H2. The molecule has 1 aliphatic heterocycles. The molecular formula is C15H19NO. The molecule has 0 aromatic heterocycles. The first-order valence-electron chi connectivity index (χ1n) is 6.30. The van der Waals surface area contributed by atoms with Gasteiger partial charge in [0.15, 0.2) is 0 Å². The summed E-state index contributed by atoms with van der Waals surface area (Å²) in [7, 11) is 0. The first kappa shape index (κ1) is 11.9. The van der Waals surface area contributed by atoms with Gasteiger partial charge in [-0.05, 0) is 43.4 Å². The molecule has 1 saturated heterocycles. The number of carbonyl (C=O) groups is 1. The van der Waals surface area contributed by atoms with E-state index in [9.17, 15) is 4.79 Å². The Morgan fingerprint density at radius 3 is 2.41 bits per heavy atom. The summed E-state index contributed by atoms with van der Waals surface area (Å²) in [6.45, 7) is 5.53. The lowest BCUT2D eigenvalue weighted by molar-refractivity contribution is 0.0724. The highest BCUT2D eigenvalue weighted by atomic mass is 16.2. The van der Waals surface area contributed by atoms with E-state index in [-0.39, 0.29) is 5.91 Å². The van der Waals surface area contributed by atoms with E-state index in [0.29, 0.717) is 0 Å². The number of hydrogen-bond donors (Lipinski definition) is 0. The number of piperidine rings is 1. The minimum Gasteiger partial charge on any atom is -0.339 e. The number of amides is 1. The van der Waals surface area contributed by atoms with Gasteiger partial charge in [0, 0.05) is 18.7 Å². The van der Waals surface area contributed by atoms with Crippen molar-refractivity contribution in [2.24, 2.45) is 0 Å². The maximum Gasteiger partial charge on any atom is 0.253 e. The number of benzene rings is 1. The molecule has 1 amide bonds. The van der Waals surface area contributed by atoms with Crippen molar-refractivity contribution in [3.8, 4) is 0 Å². The molecule has 1 fully saturated rings. The van der Waals surface area contributed by atoms with Crippen LogP contribution in [0.5, 0.6) is 0 Å². The third-order valence-corrected chi connectivity index (χ3v) is 3.22. The van der Waals surface area contributed by atoms with Gasteiger partial charge in [0.1, 0.15) is 0 Å².